The molecule has 1 saturated heterocycles. The third-order valence-corrected chi connectivity index (χ3v) is 5.07. The van der Waals surface area contributed by atoms with Crippen LogP contribution < -0.4 is 5.32 Å². The predicted octanol–water partition coefficient (Wildman–Crippen LogP) is 2.91. The summed E-state index contributed by atoms with van der Waals surface area (Å²) in [6.07, 6.45) is 0.879. The normalized spacial score (nSPS) is 17.8. The fraction of sp³-hybridized carbons (Fsp3) is 0.444. The molecular formula is C18H23N3O2S. The molecule has 0 spiro atoms. The lowest BCUT2D eigenvalue weighted by Gasteiger charge is -2.33. The number of carbonyl (C=O) groups is 1. The number of hydrogen-bond acceptors (Lipinski definition) is 4. The summed E-state index contributed by atoms with van der Waals surface area (Å²) in [5, 5.41) is 4.02. The number of morpholine rings is 1. The maximum Gasteiger partial charge on any atom is 0.317 e. The average molecular weight is 345 g/mol. The van der Waals surface area contributed by atoms with Crippen LogP contribution in [-0.2, 0) is 17.7 Å². The highest BCUT2D eigenvalue weighted by Crippen LogP contribution is 2.16. The summed E-state index contributed by atoms with van der Waals surface area (Å²) < 4.78 is 5.82. The number of thiazole rings is 1. The van der Waals surface area contributed by atoms with Gasteiger partial charge in [-0.25, -0.2) is 9.78 Å². The summed E-state index contributed by atoms with van der Waals surface area (Å²) in [4.78, 5) is 19.9. The fourth-order valence-corrected chi connectivity index (χ4v) is 3.75. The summed E-state index contributed by atoms with van der Waals surface area (Å²) in [5.74, 6) is 0. The average Bonchev–Trinajstić information content (AvgIpc) is 2.91. The zero-order chi connectivity index (χ0) is 16.9. The molecule has 0 aliphatic carbocycles. The Morgan fingerprint density at radius 1 is 1.38 bits per heavy atom. The molecule has 0 saturated carbocycles. The minimum absolute atomic E-state index is 0.0404. The van der Waals surface area contributed by atoms with E-state index in [9.17, 15) is 4.79 Å². The minimum atomic E-state index is -0.0404. The van der Waals surface area contributed by atoms with Crippen LogP contribution in [0.25, 0.3) is 0 Å². The quantitative estimate of drug-likeness (QED) is 0.927. The van der Waals surface area contributed by atoms with E-state index in [4.69, 9.17) is 4.74 Å². The molecule has 128 valence electrons. The fourth-order valence-electron chi connectivity index (χ4n) is 2.91. The molecule has 2 heterocycles. The lowest BCUT2D eigenvalue weighted by Crippen LogP contribution is -2.50. The van der Waals surface area contributed by atoms with Gasteiger partial charge in [0.15, 0.2) is 0 Å². The molecule has 1 aliphatic rings. The maximum absolute atomic E-state index is 12.4. The molecule has 24 heavy (non-hydrogen) atoms. The van der Waals surface area contributed by atoms with Gasteiger partial charge in [0.1, 0.15) is 0 Å². The van der Waals surface area contributed by atoms with Crippen LogP contribution in [0, 0.1) is 13.8 Å². The third-order valence-electron chi connectivity index (χ3n) is 4.14. The standard InChI is InChI=1S/C18H23N3O2S/c1-13-17(20-14(2)24-13)11-19-18(22)21-8-9-23-16(12-21)10-15-6-4-3-5-7-15/h3-7,16H,8-12H2,1-2H3,(H,19,22)/t16-/m0/s1. The summed E-state index contributed by atoms with van der Waals surface area (Å²) in [6.45, 7) is 6.34. The highest BCUT2D eigenvalue weighted by atomic mass is 32.1. The van der Waals surface area contributed by atoms with Crippen LogP contribution in [0.5, 0.6) is 0 Å². The molecule has 6 heteroatoms. The first-order valence-electron chi connectivity index (χ1n) is 8.23. The Kier molecular flexibility index (Phi) is 5.48. The molecule has 1 N–H and O–H groups in total. The van der Waals surface area contributed by atoms with Crippen LogP contribution in [0.15, 0.2) is 30.3 Å². The van der Waals surface area contributed by atoms with Gasteiger partial charge in [-0.1, -0.05) is 30.3 Å². The van der Waals surface area contributed by atoms with E-state index in [0.29, 0.717) is 26.2 Å². The number of ether oxygens (including phenoxy) is 1. The number of rotatable bonds is 4. The molecular weight excluding hydrogens is 322 g/mol. The SMILES string of the molecule is Cc1nc(CNC(=O)N2CCO[C@@H](Cc3ccccc3)C2)c(C)s1. The molecule has 2 aromatic rings. The summed E-state index contributed by atoms with van der Waals surface area (Å²) in [7, 11) is 0. The highest BCUT2D eigenvalue weighted by molar-refractivity contribution is 7.11. The van der Waals surface area contributed by atoms with Crippen molar-refractivity contribution in [2.45, 2.75) is 32.9 Å². The number of aromatic nitrogens is 1. The molecule has 2 amide bonds. The Hall–Kier alpha value is -1.92. The van der Waals surface area contributed by atoms with E-state index in [-0.39, 0.29) is 12.1 Å². The van der Waals surface area contributed by atoms with Crippen molar-refractivity contribution in [1.29, 1.82) is 0 Å². The highest BCUT2D eigenvalue weighted by Gasteiger charge is 2.24. The molecule has 1 aromatic carbocycles. The van der Waals surface area contributed by atoms with Crippen molar-refractivity contribution in [3.8, 4) is 0 Å². The number of hydrogen-bond donors (Lipinski definition) is 1. The Morgan fingerprint density at radius 2 is 2.17 bits per heavy atom. The smallest absolute Gasteiger partial charge is 0.317 e. The number of nitrogens with zero attached hydrogens (tertiary/aromatic N) is 2. The predicted molar refractivity (Wildman–Crippen MR) is 95.3 cm³/mol. The second-order valence-electron chi connectivity index (χ2n) is 6.02. The van der Waals surface area contributed by atoms with Crippen molar-refractivity contribution in [3.05, 3.63) is 51.5 Å². The largest absolute Gasteiger partial charge is 0.374 e. The van der Waals surface area contributed by atoms with E-state index in [1.54, 1.807) is 11.3 Å². The Balaban J connectivity index is 1.52. The number of amides is 2. The van der Waals surface area contributed by atoms with E-state index >= 15 is 0 Å². The third kappa shape index (κ3) is 4.33. The van der Waals surface area contributed by atoms with Gasteiger partial charge < -0.3 is 15.0 Å². The van der Waals surface area contributed by atoms with Gasteiger partial charge in [0.05, 0.1) is 30.0 Å². The number of carbonyl (C=O) groups excluding carboxylic acids is 1. The van der Waals surface area contributed by atoms with Gasteiger partial charge >= 0.3 is 6.03 Å². The van der Waals surface area contributed by atoms with Gasteiger partial charge in [-0.05, 0) is 19.4 Å². The van der Waals surface area contributed by atoms with E-state index < -0.39 is 0 Å². The summed E-state index contributed by atoms with van der Waals surface area (Å²) in [5.41, 5.74) is 2.19. The first kappa shape index (κ1) is 16.9. The second kappa shape index (κ2) is 7.77. The molecule has 3 rings (SSSR count). The molecule has 0 radical (unpaired) electrons. The van der Waals surface area contributed by atoms with E-state index in [2.05, 4.69) is 22.4 Å². The minimum Gasteiger partial charge on any atom is -0.374 e. The molecule has 5 nitrogen and oxygen atoms in total. The van der Waals surface area contributed by atoms with Crippen molar-refractivity contribution in [3.63, 3.8) is 0 Å². The molecule has 0 bridgehead atoms. The number of nitrogens with one attached hydrogen (secondary N) is 1. The number of benzene rings is 1. The first-order valence-corrected chi connectivity index (χ1v) is 9.04. The number of urea groups is 1. The summed E-state index contributed by atoms with van der Waals surface area (Å²) >= 11 is 1.66. The van der Waals surface area contributed by atoms with Crippen LogP contribution in [-0.4, -0.2) is 41.7 Å². The first-order chi connectivity index (χ1) is 11.6. The van der Waals surface area contributed by atoms with Gasteiger partial charge in [0, 0.05) is 24.4 Å². The molecule has 1 atom stereocenters. The molecule has 1 fully saturated rings. The Morgan fingerprint density at radius 3 is 2.88 bits per heavy atom. The zero-order valence-corrected chi connectivity index (χ0v) is 14.9. The van der Waals surface area contributed by atoms with Crippen molar-refractivity contribution < 1.29 is 9.53 Å². The van der Waals surface area contributed by atoms with Crippen molar-refractivity contribution in [2.75, 3.05) is 19.7 Å². The van der Waals surface area contributed by atoms with Gasteiger partial charge in [-0.2, -0.15) is 0 Å². The monoisotopic (exact) mass is 345 g/mol. The second-order valence-corrected chi connectivity index (χ2v) is 7.43. The van der Waals surface area contributed by atoms with Crippen molar-refractivity contribution in [1.82, 2.24) is 15.2 Å². The maximum atomic E-state index is 12.4. The van der Waals surface area contributed by atoms with Gasteiger partial charge in [0.25, 0.3) is 0 Å². The van der Waals surface area contributed by atoms with E-state index in [0.717, 1.165) is 22.0 Å². The van der Waals surface area contributed by atoms with Crippen LogP contribution in [0.1, 0.15) is 21.1 Å². The zero-order valence-electron chi connectivity index (χ0n) is 14.1. The molecule has 1 aromatic heterocycles. The van der Waals surface area contributed by atoms with E-state index in [1.807, 2.05) is 36.9 Å². The summed E-state index contributed by atoms with van der Waals surface area (Å²) in [6, 6.07) is 10.2. The molecule has 1 aliphatic heterocycles. The van der Waals surface area contributed by atoms with Crippen LogP contribution in [0.2, 0.25) is 0 Å². The van der Waals surface area contributed by atoms with Crippen LogP contribution in [0.3, 0.4) is 0 Å². The Labute approximate surface area is 146 Å². The Bertz CT molecular complexity index is 687. The van der Waals surface area contributed by atoms with Crippen molar-refractivity contribution in [2.24, 2.45) is 0 Å². The number of aryl methyl sites for hydroxylation is 2. The van der Waals surface area contributed by atoms with Crippen LogP contribution >= 0.6 is 11.3 Å². The van der Waals surface area contributed by atoms with Gasteiger partial charge in [-0.3, -0.25) is 0 Å². The lowest BCUT2D eigenvalue weighted by molar-refractivity contribution is -0.0133. The van der Waals surface area contributed by atoms with Crippen molar-refractivity contribution >= 4 is 17.4 Å². The lowest BCUT2D eigenvalue weighted by atomic mass is 10.1. The molecule has 0 unspecified atom stereocenters. The van der Waals surface area contributed by atoms with Gasteiger partial charge in [0.2, 0.25) is 0 Å². The topological polar surface area (TPSA) is 54.5 Å². The van der Waals surface area contributed by atoms with Gasteiger partial charge in [-0.15, -0.1) is 11.3 Å². The van der Waals surface area contributed by atoms with Crippen LogP contribution in [0.4, 0.5) is 4.79 Å². The van der Waals surface area contributed by atoms with E-state index in [1.165, 1.54) is 5.56 Å².